The lowest BCUT2D eigenvalue weighted by Gasteiger charge is -2.15. The summed E-state index contributed by atoms with van der Waals surface area (Å²) in [7, 11) is -3.96. The van der Waals surface area contributed by atoms with E-state index in [1.807, 2.05) is 42.5 Å². The first-order valence-electron chi connectivity index (χ1n) is 9.36. The minimum atomic E-state index is -3.96. The number of carboxylic acids is 1. The van der Waals surface area contributed by atoms with Crippen molar-refractivity contribution in [3.8, 4) is 0 Å². The van der Waals surface area contributed by atoms with E-state index in [1.54, 1.807) is 36.4 Å². The summed E-state index contributed by atoms with van der Waals surface area (Å²) in [5.41, 5.74) is 2.80. The Bertz CT molecular complexity index is 1050. The number of sulfonamides is 1. The van der Waals surface area contributed by atoms with Gasteiger partial charge in [0.2, 0.25) is 10.0 Å². The van der Waals surface area contributed by atoms with Gasteiger partial charge in [0, 0.05) is 0 Å². The molecule has 2 N–H and O–H groups in total. The zero-order chi connectivity index (χ0) is 20.7. The summed E-state index contributed by atoms with van der Waals surface area (Å²) in [6.45, 7) is 0. The predicted molar refractivity (Wildman–Crippen MR) is 112 cm³/mol. The number of aryl methyl sites for hydroxylation is 2. The Morgan fingerprint density at radius 2 is 1.34 bits per heavy atom. The summed E-state index contributed by atoms with van der Waals surface area (Å²) < 4.78 is 27.9. The van der Waals surface area contributed by atoms with Crippen LogP contribution in [0, 0.1) is 0 Å². The van der Waals surface area contributed by atoms with Crippen LogP contribution >= 0.6 is 0 Å². The van der Waals surface area contributed by atoms with Gasteiger partial charge in [0.15, 0.2) is 0 Å². The molecule has 6 heteroatoms. The van der Waals surface area contributed by atoms with Crippen LogP contribution in [0.1, 0.15) is 16.7 Å². The minimum absolute atomic E-state index is 0.0716. The molecule has 0 spiro atoms. The number of benzene rings is 3. The van der Waals surface area contributed by atoms with Crippen LogP contribution in [-0.4, -0.2) is 25.5 Å². The molecule has 0 aliphatic carbocycles. The normalized spacial score (nSPS) is 12.4. The molecule has 150 valence electrons. The Balaban J connectivity index is 1.73. The van der Waals surface area contributed by atoms with E-state index in [9.17, 15) is 18.3 Å². The third-order valence-electron chi connectivity index (χ3n) is 4.63. The summed E-state index contributed by atoms with van der Waals surface area (Å²) in [5.74, 6) is -1.21. The Morgan fingerprint density at radius 3 is 1.97 bits per heavy atom. The summed E-state index contributed by atoms with van der Waals surface area (Å²) in [5, 5.41) is 9.48. The SMILES string of the molecule is O=C(O)[C@H](Cc1ccccc1)NS(=O)(=O)c1cccc(CCc2ccccc2)c1. The van der Waals surface area contributed by atoms with Crippen molar-refractivity contribution in [1.29, 1.82) is 0 Å². The van der Waals surface area contributed by atoms with E-state index in [2.05, 4.69) is 4.72 Å². The van der Waals surface area contributed by atoms with Gasteiger partial charge in [0.05, 0.1) is 4.90 Å². The van der Waals surface area contributed by atoms with Crippen LogP contribution in [0.15, 0.2) is 89.8 Å². The van der Waals surface area contributed by atoms with E-state index in [-0.39, 0.29) is 11.3 Å². The van der Waals surface area contributed by atoms with E-state index in [1.165, 1.54) is 11.6 Å². The van der Waals surface area contributed by atoms with E-state index in [0.717, 1.165) is 17.5 Å². The molecule has 0 aliphatic heterocycles. The second kappa shape index (κ2) is 9.49. The maximum atomic E-state index is 12.8. The smallest absolute Gasteiger partial charge is 0.322 e. The van der Waals surface area contributed by atoms with Crippen molar-refractivity contribution >= 4 is 16.0 Å². The first kappa shape index (κ1) is 20.8. The van der Waals surface area contributed by atoms with Crippen molar-refractivity contribution in [3.05, 3.63) is 102 Å². The second-order valence-corrected chi connectivity index (χ2v) is 8.55. The van der Waals surface area contributed by atoms with Crippen LogP contribution < -0.4 is 4.72 Å². The highest BCUT2D eigenvalue weighted by Crippen LogP contribution is 2.15. The molecule has 5 nitrogen and oxygen atoms in total. The molecule has 0 bridgehead atoms. The number of rotatable bonds is 9. The van der Waals surface area contributed by atoms with Gasteiger partial charge in [0.1, 0.15) is 6.04 Å². The van der Waals surface area contributed by atoms with Gasteiger partial charge in [-0.2, -0.15) is 4.72 Å². The maximum Gasteiger partial charge on any atom is 0.322 e. The van der Waals surface area contributed by atoms with Crippen LogP contribution in [-0.2, 0) is 34.1 Å². The average molecular weight is 410 g/mol. The number of carbonyl (C=O) groups is 1. The molecule has 0 heterocycles. The van der Waals surface area contributed by atoms with E-state index >= 15 is 0 Å². The molecule has 0 saturated carbocycles. The van der Waals surface area contributed by atoms with Crippen molar-refractivity contribution < 1.29 is 18.3 Å². The lowest BCUT2D eigenvalue weighted by atomic mass is 10.0. The van der Waals surface area contributed by atoms with Crippen molar-refractivity contribution in [3.63, 3.8) is 0 Å². The first-order chi connectivity index (χ1) is 13.9. The molecule has 0 aromatic heterocycles. The molecule has 0 aliphatic rings. The molecule has 0 unspecified atom stereocenters. The number of hydrogen-bond acceptors (Lipinski definition) is 3. The molecule has 0 fully saturated rings. The van der Waals surface area contributed by atoms with Gasteiger partial charge in [-0.1, -0.05) is 72.8 Å². The Labute approximate surface area is 171 Å². The van der Waals surface area contributed by atoms with Gasteiger partial charge < -0.3 is 5.11 Å². The monoisotopic (exact) mass is 409 g/mol. The van der Waals surface area contributed by atoms with Crippen LogP contribution in [0.3, 0.4) is 0 Å². The predicted octanol–water partition coefficient (Wildman–Crippen LogP) is 3.45. The number of aliphatic carboxylic acids is 1. The summed E-state index contributed by atoms with van der Waals surface area (Å²) >= 11 is 0. The molecule has 3 rings (SSSR count). The summed E-state index contributed by atoms with van der Waals surface area (Å²) in [4.78, 5) is 11.7. The second-order valence-electron chi connectivity index (χ2n) is 6.83. The first-order valence-corrected chi connectivity index (χ1v) is 10.8. The molecule has 0 saturated heterocycles. The Kier molecular flexibility index (Phi) is 6.80. The average Bonchev–Trinajstić information content (AvgIpc) is 2.73. The maximum absolute atomic E-state index is 12.8. The third kappa shape index (κ3) is 6.01. The van der Waals surface area contributed by atoms with E-state index < -0.39 is 22.0 Å². The van der Waals surface area contributed by atoms with Gasteiger partial charge in [-0.05, 0) is 48.1 Å². The fraction of sp³-hybridized carbons (Fsp3) is 0.174. The van der Waals surface area contributed by atoms with Crippen LogP contribution in [0.5, 0.6) is 0 Å². The lowest BCUT2D eigenvalue weighted by molar-refractivity contribution is -0.138. The zero-order valence-electron chi connectivity index (χ0n) is 15.9. The van der Waals surface area contributed by atoms with Crippen molar-refractivity contribution in [2.75, 3.05) is 0 Å². The van der Waals surface area contributed by atoms with Gasteiger partial charge in [-0.3, -0.25) is 4.79 Å². The molecule has 3 aromatic carbocycles. The minimum Gasteiger partial charge on any atom is -0.480 e. The zero-order valence-corrected chi connectivity index (χ0v) is 16.7. The standard InChI is InChI=1S/C23H23NO4S/c25-23(26)22(17-19-10-5-2-6-11-19)24-29(27,28)21-13-7-12-20(16-21)15-14-18-8-3-1-4-9-18/h1-13,16,22,24H,14-15,17H2,(H,25,26)/t22-/m0/s1. The highest BCUT2D eigenvalue weighted by molar-refractivity contribution is 7.89. The fourth-order valence-electron chi connectivity index (χ4n) is 3.09. The fourth-order valence-corrected chi connectivity index (χ4v) is 4.35. The Hall–Kier alpha value is -2.96. The van der Waals surface area contributed by atoms with Crippen molar-refractivity contribution in [2.24, 2.45) is 0 Å². The molecular weight excluding hydrogens is 386 g/mol. The molecule has 3 aromatic rings. The van der Waals surface area contributed by atoms with Gasteiger partial charge in [-0.25, -0.2) is 8.42 Å². The van der Waals surface area contributed by atoms with Gasteiger partial charge >= 0.3 is 5.97 Å². The van der Waals surface area contributed by atoms with Crippen molar-refractivity contribution in [2.45, 2.75) is 30.2 Å². The topological polar surface area (TPSA) is 83.5 Å². The third-order valence-corrected chi connectivity index (χ3v) is 6.10. The lowest BCUT2D eigenvalue weighted by Crippen LogP contribution is -2.42. The van der Waals surface area contributed by atoms with Crippen molar-refractivity contribution in [1.82, 2.24) is 4.72 Å². The molecule has 0 amide bonds. The molecule has 29 heavy (non-hydrogen) atoms. The largest absolute Gasteiger partial charge is 0.480 e. The quantitative estimate of drug-likeness (QED) is 0.567. The van der Waals surface area contributed by atoms with Crippen LogP contribution in [0.4, 0.5) is 0 Å². The van der Waals surface area contributed by atoms with Gasteiger partial charge in [-0.15, -0.1) is 0 Å². The van der Waals surface area contributed by atoms with Gasteiger partial charge in [0.25, 0.3) is 0 Å². The summed E-state index contributed by atoms with van der Waals surface area (Å²) in [6.07, 6.45) is 1.56. The van der Waals surface area contributed by atoms with Crippen LogP contribution in [0.2, 0.25) is 0 Å². The van der Waals surface area contributed by atoms with E-state index in [0.29, 0.717) is 6.42 Å². The molecular formula is C23H23NO4S. The molecule has 0 radical (unpaired) electrons. The van der Waals surface area contributed by atoms with E-state index in [4.69, 9.17) is 0 Å². The number of nitrogens with one attached hydrogen (secondary N) is 1. The van der Waals surface area contributed by atoms with Crippen LogP contribution in [0.25, 0.3) is 0 Å². The number of hydrogen-bond donors (Lipinski definition) is 2. The number of carboxylic acid groups (broad SMARTS) is 1. The molecule has 1 atom stereocenters. The highest BCUT2D eigenvalue weighted by atomic mass is 32.2. The summed E-state index contributed by atoms with van der Waals surface area (Å²) in [6, 6.07) is 24.3. The Morgan fingerprint density at radius 1 is 0.793 bits per heavy atom. The highest BCUT2D eigenvalue weighted by Gasteiger charge is 2.25.